The summed E-state index contributed by atoms with van der Waals surface area (Å²) >= 11 is 0. The highest BCUT2D eigenvalue weighted by Gasteiger charge is 2.37. The van der Waals surface area contributed by atoms with Crippen molar-refractivity contribution >= 4 is 17.5 Å². The van der Waals surface area contributed by atoms with Crippen LogP contribution in [0.1, 0.15) is 44.3 Å². The standard InChI is InChI=1S/C26H21F4N3O3/c27-20-7-3-17(4-8-20)24(35)32-12-15-11-18(14-32)22-10-9-21(25(36)33(22)13-15)31-23(34)16-1-5-19(6-2-16)26(28,29)30/h1-10,15,18H,11-14H2,(H,31,34)/t15-,18-/m1/s1. The van der Waals surface area contributed by atoms with Gasteiger partial charge in [-0.05, 0) is 73.0 Å². The minimum Gasteiger partial charge on any atom is -0.338 e. The van der Waals surface area contributed by atoms with Gasteiger partial charge in [0.05, 0.1) is 5.56 Å². The number of carbonyl (C=O) groups is 2. The molecule has 186 valence electrons. The van der Waals surface area contributed by atoms with Crippen LogP contribution in [0.15, 0.2) is 65.5 Å². The van der Waals surface area contributed by atoms with Gasteiger partial charge in [-0.15, -0.1) is 0 Å². The van der Waals surface area contributed by atoms with E-state index in [4.69, 9.17) is 0 Å². The molecule has 1 N–H and O–H groups in total. The molecule has 2 bridgehead atoms. The number of rotatable bonds is 3. The van der Waals surface area contributed by atoms with Crippen LogP contribution in [-0.4, -0.2) is 34.4 Å². The molecule has 2 aliphatic heterocycles. The van der Waals surface area contributed by atoms with Crippen LogP contribution in [0.3, 0.4) is 0 Å². The SMILES string of the molecule is O=C(Nc1ccc2n(c1=O)C[C@@H]1C[C@@H]2CN(C(=O)c2ccc(F)cc2)C1)c1ccc(C(F)(F)F)cc1. The summed E-state index contributed by atoms with van der Waals surface area (Å²) in [6, 6.07) is 12.4. The number of hydrogen-bond donors (Lipinski definition) is 1. The molecule has 3 aromatic rings. The van der Waals surface area contributed by atoms with Gasteiger partial charge in [-0.1, -0.05) is 0 Å². The number of alkyl halides is 3. The van der Waals surface area contributed by atoms with Gasteiger partial charge < -0.3 is 14.8 Å². The molecule has 0 aliphatic carbocycles. The lowest BCUT2D eigenvalue weighted by atomic mass is 9.83. The quantitative estimate of drug-likeness (QED) is 0.539. The third kappa shape index (κ3) is 4.50. The topological polar surface area (TPSA) is 71.4 Å². The number of aromatic nitrogens is 1. The second-order valence-electron chi connectivity index (χ2n) is 9.13. The van der Waals surface area contributed by atoms with Crippen molar-refractivity contribution in [1.82, 2.24) is 9.47 Å². The number of likely N-dealkylation sites (tertiary alicyclic amines) is 1. The van der Waals surface area contributed by atoms with Gasteiger partial charge in [0.25, 0.3) is 17.4 Å². The Morgan fingerprint density at radius 2 is 1.53 bits per heavy atom. The van der Waals surface area contributed by atoms with Crippen molar-refractivity contribution in [3.8, 4) is 0 Å². The third-order valence-corrected chi connectivity index (χ3v) is 6.71. The zero-order valence-electron chi connectivity index (χ0n) is 18.9. The van der Waals surface area contributed by atoms with E-state index in [-0.39, 0.29) is 29.0 Å². The van der Waals surface area contributed by atoms with Crippen LogP contribution in [0.2, 0.25) is 0 Å². The first-order valence-electron chi connectivity index (χ1n) is 11.4. The van der Waals surface area contributed by atoms with Crippen LogP contribution in [-0.2, 0) is 12.7 Å². The van der Waals surface area contributed by atoms with Crippen LogP contribution in [0, 0.1) is 11.7 Å². The van der Waals surface area contributed by atoms with Gasteiger partial charge in [-0.2, -0.15) is 13.2 Å². The van der Waals surface area contributed by atoms with Gasteiger partial charge in [-0.3, -0.25) is 14.4 Å². The fourth-order valence-corrected chi connectivity index (χ4v) is 4.99. The summed E-state index contributed by atoms with van der Waals surface area (Å²) in [7, 11) is 0. The Hall–Kier alpha value is -3.95. The number of fused-ring (bicyclic) bond motifs is 4. The summed E-state index contributed by atoms with van der Waals surface area (Å²) in [5.41, 5.74) is -0.0950. The largest absolute Gasteiger partial charge is 0.416 e. The highest BCUT2D eigenvalue weighted by atomic mass is 19.4. The Kier molecular flexibility index (Phi) is 5.89. The first kappa shape index (κ1) is 23.8. The van der Waals surface area contributed by atoms with Crippen molar-refractivity contribution in [3.05, 3.63) is 99.2 Å². The summed E-state index contributed by atoms with van der Waals surface area (Å²) in [5.74, 6) is -1.35. The maximum absolute atomic E-state index is 13.2. The lowest BCUT2D eigenvalue weighted by Gasteiger charge is -2.43. The first-order chi connectivity index (χ1) is 17.1. The Morgan fingerprint density at radius 3 is 2.19 bits per heavy atom. The van der Waals surface area contributed by atoms with Crippen molar-refractivity contribution in [2.24, 2.45) is 5.92 Å². The Morgan fingerprint density at radius 1 is 0.861 bits per heavy atom. The zero-order chi connectivity index (χ0) is 25.6. The summed E-state index contributed by atoms with van der Waals surface area (Å²) < 4.78 is 53.1. The second-order valence-corrected chi connectivity index (χ2v) is 9.13. The molecule has 5 rings (SSSR count). The van der Waals surface area contributed by atoms with E-state index >= 15 is 0 Å². The lowest BCUT2D eigenvalue weighted by molar-refractivity contribution is -0.137. The van der Waals surface area contributed by atoms with Gasteiger partial charge in [-0.25, -0.2) is 4.39 Å². The van der Waals surface area contributed by atoms with Gasteiger partial charge in [0.2, 0.25) is 0 Å². The minimum absolute atomic E-state index is 0.00284. The number of anilines is 1. The van der Waals surface area contributed by atoms with Gasteiger partial charge in [0.15, 0.2) is 0 Å². The molecular formula is C26H21F4N3O3. The summed E-state index contributed by atoms with van der Waals surface area (Å²) in [6.07, 6.45) is -3.70. The highest BCUT2D eigenvalue weighted by Crippen LogP contribution is 2.36. The first-order valence-corrected chi connectivity index (χ1v) is 11.4. The van der Waals surface area contributed by atoms with Crippen LogP contribution in [0.4, 0.5) is 23.2 Å². The fraction of sp³-hybridized carbons (Fsp3) is 0.269. The van der Waals surface area contributed by atoms with Crippen molar-refractivity contribution < 1.29 is 27.2 Å². The molecule has 3 heterocycles. The van der Waals surface area contributed by atoms with E-state index in [0.717, 1.165) is 36.4 Å². The average Bonchev–Trinajstić information content (AvgIpc) is 2.85. The molecule has 0 spiro atoms. The zero-order valence-corrected chi connectivity index (χ0v) is 18.9. The van der Waals surface area contributed by atoms with Gasteiger partial charge in [0, 0.05) is 42.4 Å². The summed E-state index contributed by atoms with van der Waals surface area (Å²) in [5, 5.41) is 2.50. The number of nitrogens with one attached hydrogen (secondary N) is 1. The van der Waals surface area contributed by atoms with E-state index in [1.165, 1.54) is 30.3 Å². The molecule has 1 fully saturated rings. The predicted molar refractivity (Wildman–Crippen MR) is 123 cm³/mol. The highest BCUT2D eigenvalue weighted by molar-refractivity contribution is 6.04. The van der Waals surface area contributed by atoms with E-state index in [9.17, 15) is 31.9 Å². The molecule has 1 aromatic heterocycles. The molecule has 1 saturated heterocycles. The minimum atomic E-state index is -4.51. The molecule has 10 heteroatoms. The molecule has 2 atom stereocenters. The van der Waals surface area contributed by atoms with Crippen LogP contribution >= 0.6 is 0 Å². The maximum atomic E-state index is 13.2. The Balaban J connectivity index is 1.34. The van der Waals surface area contributed by atoms with Crippen molar-refractivity contribution in [2.75, 3.05) is 18.4 Å². The monoisotopic (exact) mass is 499 g/mol. The predicted octanol–water partition coefficient (Wildman–Crippen LogP) is 4.52. The molecule has 0 saturated carbocycles. The number of piperidine rings is 1. The van der Waals surface area contributed by atoms with Crippen molar-refractivity contribution in [2.45, 2.75) is 25.1 Å². The smallest absolute Gasteiger partial charge is 0.338 e. The number of benzene rings is 2. The van der Waals surface area contributed by atoms with Gasteiger partial charge >= 0.3 is 6.18 Å². The summed E-state index contributed by atoms with van der Waals surface area (Å²) in [4.78, 5) is 40.4. The number of carbonyl (C=O) groups excluding carboxylic acids is 2. The number of nitrogens with zero attached hydrogens (tertiary/aromatic N) is 2. The number of halogens is 4. The second kappa shape index (κ2) is 8.92. The lowest BCUT2D eigenvalue weighted by Crippen LogP contribution is -2.49. The molecule has 0 unspecified atom stereocenters. The van der Waals surface area contributed by atoms with E-state index < -0.39 is 29.0 Å². The Bertz CT molecular complexity index is 1380. The fourth-order valence-electron chi connectivity index (χ4n) is 4.99. The van der Waals surface area contributed by atoms with Gasteiger partial charge in [0.1, 0.15) is 11.5 Å². The van der Waals surface area contributed by atoms with E-state index in [1.54, 1.807) is 15.5 Å². The molecular weight excluding hydrogens is 478 g/mol. The van der Waals surface area contributed by atoms with E-state index in [1.807, 2.05) is 0 Å². The van der Waals surface area contributed by atoms with Crippen molar-refractivity contribution in [3.63, 3.8) is 0 Å². The third-order valence-electron chi connectivity index (χ3n) is 6.71. The van der Waals surface area contributed by atoms with Crippen LogP contribution < -0.4 is 10.9 Å². The number of pyridine rings is 1. The molecule has 0 radical (unpaired) electrons. The molecule has 2 aliphatic rings. The van der Waals surface area contributed by atoms with E-state index in [0.29, 0.717) is 25.2 Å². The molecule has 2 amide bonds. The van der Waals surface area contributed by atoms with Crippen LogP contribution in [0.5, 0.6) is 0 Å². The summed E-state index contributed by atoms with van der Waals surface area (Å²) in [6.45, 7) is 1.21. The maximum Gasteiger partial charge on any atom is 0.416 e. The molecule has 2 aromatic carbocycles. The number of hydrogen-bond acceptors (Lipinski definition) is 3. The molecule has 36 heavy (non-hydrogen) atoms. The van der Waals surface area contributed by atoms with Crippen molar-refractivity contribution in [1.29, 1.82) is 0 Å². The Labute approximate surface area is 203 Å². The van der Waals surface area contributed by atoms with Crippen LogP contribution in [0.25, 0.3) is 0 Å². The molecule has 6 nitrogen and oxygen atoms in total. The number of amides is 2. The average molecular weight is 499 g/mol. The normalized spacial score (nSPS) is 18.9. The van der Waals surface area contributed by atoms with E-state index in [2.05, 4.69) is 5.32 Å².